The van der Waals surface area contributed by atoms with Gasteiger partial charge in [-0.05, 0) is 12.3 Å². The fourth-order valence-electron chi connectivity index (χ4n) is 0.258. The van der Waals surface area contributed by atoms with Crippen molar-refractivity contribution in [1.82, 2.24) is 0 Å². The van der Waals surface area contributed by atoms with Crippen molar-refractivity contribution in [3.8, 4) is 0 Å². The Hall–Kier alpha value is -0.570. The van der Waals surface area contributed by atoms with Crippen LogP contribution in [0.15, 0.2) is 0 Å². The number of carboxylic acids is 1. The molecule has 0 spiro atoms. The summed E-state index contributed by atoms with van der Waals surface area (Å²) in [6.07, 6.45) is 0.931. The Morgan fingerprint density at radius 1 is 1.50 bits per heavy atom. The van der Waals surface area contributed by atoms with Crippen LogP contribution in [0.2, 0.25) is 0 Å². The fraction of sp³-hybridized carbons (Fsp3) is 0.857. The Morgan fingerprint density at radius 2 is 1.80 bits per heavy atom. The van der Waals surface area contributed by atoms with Crippen molar-refractivity contribution >= 4 is 5.97 Å². The molecule has 0 unspecified atom stereocenters. The lowest BCUT2D eigenvalue weighted by Crippen LogP contribution is -1.89. The van der Waals surface area contributed by atoms with Crippen LogP contribution in [0.25, 0.3) is 0 Å². The zero-order valence-electron chi connectivity index (χ0n) is 6.79. The van der Waals surface area contributed by atoms with Crippen LogP contribution in [-0.4, -0.2) is 22.8 Å². The standard InChI is InChI=1S/C5H12O.C2H4O2/c1-5(2)3-4-6;1-2(3)4/h5-6H,3-4H2,1-2H3;1H3,(H,3,4). The predicted molar refractivity (Wildman–Crippen MR) is 39.9 cm³/mol. The molecule has 10 heavy (non-hydrogen) atoms. The first kappa shape index (κ1) is 12.1. The second-order valence-electron chi connectivity index (χ2n) is 2.43. The number of aliphatic hydroxyl groups is 1. The van der Waals surface area contributed by atoms with Gasteiger partial charge in [0, 0.05) is 13.5 Å². The van der Waals surface area contributed by atoms with Gasteiger partial charge in [0.15, 0.2) is 0 Å². The molecule has 3 heteroatoms. The minimum atomic E-state index is -0.833. The number of aliphatic hydroxyl groups excluding tert-OH is 1. The van der Waals surface area contributed by atoms with Gasteiger partial charge in [-0.15, -0.1) is 0 Å². The van der Waals surface area contributed by atoms with E-state index in [4.69, 9.17) is 15.0 Å². The average Bonchev–Trinajstić information content (AvgIpc) is 1.62. The van der Waals surface area contributed by atoms with Gasteiger partial charge in [-0.25, -0.2) is 0 Å². The van der Waals surface area contributed by atoms with Crippen LogP contribution >= 0.6 is 0 Å². The van der Waals surface area contributed by atoms with E-state index in [2.05, 4.69) is 13.8 Å². The largest absolute Gasteiger partial charge is 0.481 e. The highest BCUT2D eigenvalue weighted by Gasteiger charge is 1.86. The normalized spacial score (nSPS) is 8.50. The van der Waals surface area contributed by atoms with Gasteiger partial charge in [0.2, 0.25) is 0 Å². The molecule has 0 saturated carbocycles. The van der Waals surface area contributed by atoms with Gasteiger partial charge in [-0.1, -0.05) is 13.8 Å². The van der Waals surface area contributed by atoms with E-state index in [0.29, 0.717) is 12.5 Å². The average molecular weight is 148 g/mol. The molecule has 0 atom stereocenters. The van der Waals surface area contributed by atoms with Crippen LogP contribution in [0, 0.1) is 5.92 Å². The Kier molecular flexibility index (Phi) is 10.2. The van der Waals surface area contributed by atoms with Gasteiger partial charge in [0.1, 0.15) is 0 Å². The molecule has 2 N–H and O–H groups in total. The topological polar surface area (TPSA) is 57.5 Å². The highest BCUT2D eigenvalue weighted by molar-refractivity contribution is 5.62. The summed E-state index contributed by atoms with van der Waals surface area (Å²) < 4.78 is 0. The van der Waals surface area contributed by atoms with E-state index in [1.165, 1.54) is 0 Å². The van der Waals surface area contributed by atoms with Crippen LogP contribution in [-0.2, 0) is 4.79 Å². The SMILES string of the molecule is CC(=O)O.CC(C)CCO. The van der Waals surface area contributed by atoms with E-state index in [9.17, 15) is 0 Å². The molecule has 0 saturated heterocycles. The van der Waals surface area contributed by atoms with E-state index in [1.54, 1.807) is 0 Å². The number of hydrogen-bond acceptors (Lipinski definition) is 2. The van der Waals surface area contributed by atoms with Gasteiger partial charge < -0.3 is 10.2 Å². The zero-order valence-corrected chi connectivity index (χ0v) is 6.79. The number of aliphatic carboxylic acids is 1. The van der Waals surface area contributed by atoms with E-state index in [0.717, 1.165) is 13.3 Å². The predicted octanol–water partition coefficient (Wildman–Crippen LogP) is 1.12. The number of hydrogen-bond donors (Lipinski definition) is 2. The summed E-state index contributed by atoms with van der Waals surface area (Å²) in [7, 11) is 0. The summed E-state index contributed by atoms with van der Waals surface area (Å²) in [5, 5.41) is 15.7. The second-order valence-corrected chi connectivity index (χ2v) is 2.43. The minimum Gasteiger partial charge on any atom is -0.481 e. The zero-order chi connectivity index (χ0) is 8.57. The summed E-state index contributed by atoms with van der Waals surface area (Å²) in [4.78, 5) is 9.00. The summed E-state index contributed by atoms with van der Waals surface area (Å²) >= 11 is 0. The van der Waals surface area contributed by atoms with Crippen LogP contribution in [0.1, 0.15) is 27.2 Å². The lowest BCUT2D eigenvalue weighted by Gasteiger charge is -1.95. The molecule has 0 radical (unpaired) electrons. The van der Waals surface area contributed by atoms with Crippen molar-refractivity contribution in [3.63, 3.8) is 0 Å². The van der Waals surface area contributed by atoms with Crippen molar-refractivity contribution in [2.75, 3.05) is 6.61 Å². The maximum Gasteiger partial charge on any atom is 0.300 e. The third kappa shape index (κ3) is 52.0. The Labute approximate surface area is 61.7 Å². The highest BCUT2D eigenvalue weighted by Crippen LogP contribution is 1.94. The van der Waals surface area contributed by atoms with Gasteiger partial charge in [-0.3, -0.25) is 4.79 Å². The first-order valence-corrected chi connectivity index (χ1v) is 3.31. The minimum absolute atomic E-state index is 0.331. The summed E-state index contributed by atoms with van der Waals surface area (Å²) in [5.74, 6) is -0.185. The van der Waals surface area contributed by atoms with Crippen molar-refractivity contribution < 1.29 is 15.0 Å². The Morgan fingerprint density at radius 3 is 1.80 bits per heavy atom. The molecule has 0 aliphatic heterocycles. The first-order chi connectivity index (χ1) is 4.50. The summed E-state index contributed by atoms with van der Waals surface area (Å²) in [6, 6.07) is 0. The Bertz CT molecular complexity index is 74.9. The van der Waals surface area contributed by atoms with Crippen LogP contribution < -0.4 is 0 Å². The molecule has 0 amide bonds. The lowest BCUT2D eigenvalue weighted by atomic mass is 10.2. The lowest BCUT2D eigenvalue weighted by molar-refractivity contribution is -0.134. The van der Waals surface area contributed by atoms with Crippen molar-refractivity contribution in [1.29, 1.82) is 0 Å². The van der Waals surface area contributed by atoms with E-state index >= 15 is 0 Å². The molecule has 3 nitrogen and oxygen atoms in total. The first-order valence-electron chi connectivity index (χ1n) is 3.31. The van der Waals surface area contributed by atoms with E-state index < -0.39 is 5.97 Å². The summed E-state index contributed by atoms with van der Waals surface area (Å²) in [6.45, 7) is 5.60. The van der Waals surface area contributed by atoms with Gasteiger partial charge >= 0.3 is 0 Å². The number of rotatable bonds is 2. The van der Waals surface area contributed by atoms with Crippen LogP contribution in [0.3, 0.4) is 0 Å². The molecular weight excluding hydrogens is 132 g/mol. The molecule has 0 rings (SSSR count). The smallest absolute Gasteiger partial charge is 0.300 e. The maximum absolute atomic E-state index is 9.00. The molecular formula is C7H16O3. The van der Waals surface area contributed by atoms with Gasteiger partial charge in [-0.2, -0.15) is 0 Å². The van der Waals surface area contributed by atoms with Crippen LogP contribution in [0.5, 0.6) is 0 Å². The molecule has 0 aromatic rings. The molecule has 0 aromatic carbocycles. The number of carboxylic acid groups (broad SMARTS) is 1. The van der Waals surface area contributed by atoms with Crippen LogP contribution in [0.4, 0.5) is 0 Å². The van der Waals surface area contributed by atoms with Gasteiger partial charge in [0.25, 0.3) is 5.97 Å². The third-order valence-electron chi connectivity index (χ3n) is 0.706. The molecule has 0 bridgehead atoms. The third-order valence-corrected chi connectivity index (χ3v) is 0.706. The highest BCUT2D eigenvalue weighted by atomic mass is 16.4. The molecule has 62 valence electrons. The van der Waals surface area contributed by atoms with Crippen molar-refractivity contribution in [3.05, 3.63) is 0 Å². The second kappa shape index (κ2) is 8.43. The number of carbonyl (C=O) groups is 1. The van der Waals surface area contributed by atoms with Crippen molar-refractivity contribution in [2.24, 2.45) is 5.92 Å². The quantitative estimate of drug-likeness (QED) is 0.616. The molecule has 0 heterocycles. The Balaban J connectivity index is 0. The van der Waals surface area contributed by atoms with E-state index in [1.807, 2.05) is 0 Å². The molecule has 0 aliphatic carbocycles. The van der Waals surface area contributed by atoms with Gasteiger partial charge in [0.05, 0.1) is 0 Å². The fourth-order valence-corrected chi connectivity index (χ4v) is 0.258. The monoisotopic (exact) mass is 148 g/mol. The molecule has 0 aromatic heterocycles. The maximum atomic E-state index is 9.00. The summed E-state index contributed by atoms with van der Waals surface area (Å²) in [5.41, 5.74) is 0. The van der Waals surface area contributed by atoms with Crippen molar-refractivity contribution in [2.45, 2.75) is 27.2 Å². The molecule has 0 aliphatic rings. The van der Waals surface area contributed by atoms with E-state index in [-0.39, 0.29) is 0 Å². The molecule has 0 fully saturated rings.